The van der Waals surface area contributed by atoms with Gasteiger partial charge < -0.3 is 25.6 Å². The molecule has 0 aliphatic rings. The van der Waals surface area contributed by atoms with E-state index in [0.717, 1.165) is 11.3 Å². The van der Waals surface area contributed by atoms with Gasteiger partial charge in [0.25, 0.3) is 17.7 Å². The lowest BCUT2D eigenvalue weighted by Gasteiger charge is -2.18. The minimum Gasteiger partial charge on any atom is -0.495 e. The number of methoxy groups -OCH3 is 1. The minimum absolute atomic E-state index is 0.136. The summed E-state index contributed by atoms with van der Waals surface area (Å²) in [7, 11) is 3.10. The number of carbonyl (C=O) groups is 3. The van der Waals surface area contributed by atoms with Crippen molar-refractivity contribution in [1.82, 2.24) is 5.32 Å². The number of rotatable bonds is 10. The molecule has 0 spiro atoms. The van der Waals surface area contributed by atoms with Crippen LogP contribution in [0, 0.1) is 0 Å². The fourth-order valence-corrected chi connectivity index (χ4v) is 3.08. The first-order valence-electron chi connectivity index (χ1n) is 9.85. The van der Waals surface area contributed by atoms with E-state index in [2.05, 4.69) is 16.0 Å². The second-order valence-corrected chi connectivity index (χ2v) is 6.81. The monoisotopic (exact) mass is 413 g/mol. The first-order chi connectivity index (χ1) is 14.5. The highest BCUT2D eigenvalue weighted by Crippen LogP contribution is 2.22. The van der Waals surface area contributed by atoms with E-state index < -0.39 is 0 Å². The highest BCUT2D eigenvalue weighted by atomic mass is 16.5. The molecule has 1 atom stereocenters. The SMILES string of the molecule is CCC[NH+](CC(=O)Nc1cccc(C(=O)NC)c1)CC(=O)Nc1ccccc1OC. The Morgan fingerprint density at radius 3 is 2.33 bits per heavy atom. The summed E-state index contributed by atoms with van der Waals surface area (Å²) in [6, 6.07) is 13.9. The van der Waals surface area contributed by atoms with Gasteiger partial charge in [0.1, 0.15) is 5.75 Å². The van der Waals surface area contributed by atoms with Crippen molar-refractivity contribution in [1.29, 1.82) is 0 Å². The second-order valence-electron chi connectivity index (χ2n) is 6.81. The molecule has 1 unspecified atom stereocenters. The third-order valence-electron chi connectivity index (χ3n) is 4.44. The van der Waals surface area contributed by atoms with E-state index in [4.69, 9.17) is 4.74 Å². The Hall–Kier alpha value is -3.39. The molecule has 160 valence electrons. The van der Waals surface area contributed by atoms with Crippen LogP contribution in [-0.2, 0) is 9.59 Å². The van der Waals surface area contributed by atoms with Gasteiger partial charge in [0, 0.05) is 18.3 Å². The summed E-state index contributed by atoms with van der Waals surface area (Å²) < 4.78 is 5.25. The van der Waals surface area contributed by atoms with Gasteiger partial charge in [0.2, 0.25) is 0 Å². The molecule has 30 heavy (non-hydrogen) atoms. The Labute approximate surface area is 176 Å². The van der Waals surface area contributed by atoms with Gasteiger partial charge >= 0.3 is 0 Å². The van der Waals surface area contributed by atoms with Crippen LogP contribution in [0.2, 0.25) is 0 Å². The van der Waals surface area contributed by atoms with Gasteiger partial charge in [-0.25, -0.2) is 0 Å². The summed E-state index contributed by atoms with van der Waals surface area (Å²) in [5, 5.41) is 8.19. The van der Waals surface area contributed by atoms with E-state index in [1.165, 1.54) is 0 Å². The molecule has 0 aromatic heterocycles. The van der Waals surface area contributed by atoms with Crippen LogP contribution in [0.3, 0.4) is 0 Å². The molecule has 0 aliphatic heterocycles. The Balaban J connectivity index is 1.96. The number of ether oxygens (including phenoxy) is 1. The van der Waals surface area contributed by atoms with Gasteiger partial charge in [0.15, 0.2) is 13.1 Å². The molecule has 8 heteroatoms. The van der Waals surface area contributed by atoms with Crippen LogP contribution in [0.15, 0.2) is 48.5 Å². The molecule has 2 aromatic rings. The second kappa shape index (κ2) is 11.6. The third-order valence-corrected chi connectivity index (χ3v) is 4.44. The lowest BCUT2D eigenvalue weighted by Crippen LogP contribution is -3.14. The van der Waals surface area contributed by atoms with Crippen molar-refractivity contribution < 1.29 is 24.0 Å². The average molecular weight is 413 g/mol. The predicted octanol–water partition coefficient (Wildman–Crippen LogP) is 0.927. The Kier molecular flexibility index (Phi) is 8.83. The summed E-state index contributed by atoms with van der Waals surface area (Å²) in [4.78, 5) is 37.6. The Bertz CT molecular complexity index is 885. The zero-order chi connectivity index (χ0) is 21.9. The lowest BCUT2D eigenvalue weighted by atomic mass is 10.2. The van der Waals surface area contributed by atoms with Gasteiger partial charge in [-0.05, 0) is 36.8 Å². The van der Waals surface area contributed by atoms with Crippen LogP contribution in [0.4, 0.5) is 11.4 Å². The molecule has 0 fully saturated rings. The number of benzene rings is 2. The van der Waals surface area contributed by atoms with Crippen molar-refractivity contribution in [3.8, 4) is 5.75 Å². The van der Waals surface area contributed by atoms with Crippen molar-refractivity contribution in [2.45, 2.75) is 13.3 Å². The first-order valence-corrected chi connectivity index (χ1v) is 9.85. The first kappa shape index (κ1) is 22.9. The molecule has 3 amide bonds. The zero-order valence-electron chi connectivity index (χ0n) is 17.6. The molecule has 0 saturated carbocycles. The molecule has 0 saturated heterocycles. The normalized spacial score (nSPS) is 11.3. The number of quaternary nitrogens is 1. The van der Waals surface area contributed by atoms with Crippen LogP contribution >= 0.6 is 0 Å². The maximum absolute atomic E-state index is 12.5. The van der Waals surface area contributed by atoms with E-state index >= 15 is 0 Å². The number of nitrogens with one attached hydrogen (secondary N) is 4. The number of hydrogen-bond donors (Lipinski definition) is 4. The standard InChI is InChI=1S/C22H28N4O4/c1-4-12-26(15-21(28)25-18-10-5-6-11-19(18)30-3)14-20(27)24-17-9-7-8-16(13-17)22(29)23-2/h5-11,13H,4,12,14-15H2,1-3H3,(H,23,29)(H,24,27)(H,25,28)/p+1. The van der Waals surface area contributed by atoms with E-state index in [-0.39, 0.29) is 30.8 Å². The van der Waals surface area contributed by atoms with Crippen molar-refractivity contribution in [2.75, 3.05) is 44.4 Å². The van der Waals surface area contributed by atoms with Crippen molar-refractivity contribution in [3.63, 3.8) is 0 Å². The molecule has 0 aliphatic carbocycles. The van der Waals surface area contributed by atoms with Gasteiger partial charge in [-0.2, -0.15) is 0 Å². The largest absolute Gasteiger partial charge is 0.495 e. The third kappa shape index (κ3) is 6.89. The van der Waals surface area contributed by atoms with Crippen molar-refractivity contribution in [3.05, 3.63) is 54.1 Å². The molecular formula is C22H29N4O4+. The summed E-state index contributed by atoms with van der Waals surface area (Å²) in [6.07, 6.45) is 0.830. The smallest absolute Gasteiger partial charge is 0.279 e. The maximum Gasteiger partial charge on any atom is 0.279 e. The van der Waals surface area contributed by atoms with E-state index in [9.17, 15) is 14.4 Å². The van der Waals surface area contributed by atoms with Crippen molar-refractivity contribution >= 4 is 29.1 Å². The van der Waals surface area contributed by atoms with Crippen LogP contribution in [-0.4, -0.2) is 51.5 Å². The molecule has 4 N–H and O–H groups in total. The number of amides is 3. The maximum atomic E-state index is 12.5. The van der Waals surface area contributed by atoms with Crippen LogP contribution in [0.25, 0.3) is 0 Å². The molecule has 0 bridgehead atoms. The minimum atomic E-state index is -0.225. The zero-order valence-corrected chi connectivity index (χ0v) is 17.6. The molecule has 0 radical (unpaired) electrons. The average Bonchev–Trinajstić information content (AvgIpc) is 2.73. The van der Waals surface area contributed by atoms with E-state index in [1.54, 1.807) is 50.6 Å². The Morgan fingerprint density at radius 2 is 1.67 bits per heavy atom. The fraction of sp³-hybridized carbons (Fsp3) is 0.318. The fourth-order valence-electron chi connectivity index (χ4n) is 3.08. The van der Waals surface area contributed by atoms with Crippen LogP contribution in [0.1, 0.15) is 23.7 Å². The van der Waals surface area contributed by atoms with E-state index in [0.29, 0.717) is 29.2 Å². The van der Waals surface area contributed by atoms with Crippen LogP contribution in [0.5, 0.6) is 5.75 Å². The summed E-state index contributed by atoms with van der Waals surface area (Å²) in [5.41, 5.74) is 1.59. The predicted molar refractivity (Wildman–Crippen MR) is 116 cm³/mol. The van der Waals surface area contributed by atoms with Crippen LogP contribution < -0.4 is 25.6 Å². The van der Waals surface area contributed by atoms with Gasteiger partial charge in [-0.3, -0.25) is 14.4 Å². The molecule has 8 nitrogen and oxygen atoms in total. The molecule has 0 heterocycles. The van der Waals surface area contributed by atoms with Gasteiger partial charge in [-0.1, -0.05) is 25.1 Å². The highest BCUT2D eigenvalue weighted by molar-refractivity contribution is 5.97. The lowest BCUT2D eigenvalue weighted by molar-refractivity contribution is -0.883. The topological polar surface area (TPSA) is 101 Å². The molecular weight excluding hydrogens is 384 g/mol. The molecule has 2 rings (SSSR count). The van der Waals surface area contributed by atoms with Crippen molar-refractivity contribution in [2.24, 2.45) is 0 Å². The molecule has 2 aromatic carbocycles. The summed E-state index contributed by atoms with van der Waals surface area (Å²) in [6.45, 7) is 2.96. The highest BCUT2D eigenvalue weighted by Gasteiger charge is 2.19. The number of anilines is 2. The Morgan fingerprint density at radius 1 is 0.967 bits per heavy atom. The number of hydrogen-bond acceptors (Lipinski definition) is 4. The van der Waals surface area contributed by atoms with Gasteiger partial charge in [0.05, 0.1) is 19.3 Å². The number of para-hydroxylation sites is 2. The quantitative estimate of drug-likeness (QED) is 0.465. The summed E-state index contributed by atoms with van der Waals surface area (Å²) in [5.74, 6) is -0.0658. The summed E-state index contributed by atoms with van der Waals surface area (Å²) >= 11 is 0. The van der Waals surface area contributed by atoms with Gasteiger partial charge in [-0.15, -0.1) is 0 Å². The van der Waals surface area contributed by atoms with E-state index in [1.807, 2.05) is 19.1 Å². The number of carbonyl (C=O) groups excluding carboxylic acids is 3.